The highest BCUT2D eigenvalue weighted by Crippen LogP contribution is 2.25. The molecule has 0 bridgehead atoms. The first kappa shape index (κ1) is 16.8. The van der Waals surface area contributed by atoms with Gasteiger partial charge in [-0.3, -0.25) is 9.59 Å². The Labute approximate surface area is 135 Å². The number of halogens is 1. The second kappa shape index (κ2) is 7.61. The number of hydrogen-bond donors (Lipinski definition) is 0. The number of anilines is 1. The quantitative estimate of drug-likeness (QED) is 0.793. The summed E-state index contributed by atoms with van der Waals surface area (Å²) < 4.78 is 5.25. The molecule has 1 aromatic rings. The number of para-hydroxylation sites is 1. The van der Waals surface area contributed by atoms with Gasteiger partial charge in [-0.1, -0.05) is 18.2 Å². The molecule has 0 radical (unpaired) electrons. The Morgan fingerprint density at radius 3 is 2.36 bits per heavy atom. The highest BCUT2D eigenvalue weighted by Gasteiger charge is 2.25. The molecule has 22 heavy (non-hydrogen) atoms. The zero-order valence-corrected chi connectivity index (χ0v) is 13.7. The fourth-order valence-electron chi connectivity index (χ4n) is 2.64. The molecule has 120 valence electrons. The van der Waals surface area contributed by atoms with Crippen LogP contribution in [-0.2, 0) is 14.3 Å². The van der Waals surface area contributed by atoms with Crippen LogP contribution in [0.3, 0.4) is 0 Å². The minimum Gasteiger partial charge on any atom is -0.378 e. The Bertz CT molecular complexity index is 536. The lowest BCUT2D eigenvalue weighted by molar-refractivity contribution is -0.134. The molecule has 0 aromatic heterocycles. The molecule has 1 heterocycles. The minimum absolute atomic E-state index is 0.0112. The molecule has 0 spiro atoms. The maximum absolute atomic E-state index is 12.5. The van der Waals surface area contributed by atoms with Crippen LogP contribution in [-0.4, -0.2) is 55.4 Å². The molecule has 5 nitrogen and oxygen atoms in total. The molecule has 0 atom stereocenters. The molecule has 0 unspecified atom stereocenters. The molecule has 1 aromatic carbocycles. The Kier molecular flexibility index (Phi) is 5.80. The second-order valence-corrected chi connectivity index (χ2v) is 5.61. The largest absolute Gasteiger partial charge is 0.378 e. The van der Waals surface area contributed by atoms with Crippen LogP contribution in [0.4, 0.5) is 5.69 Å². The summed E-state index contributed by atoms with van der Waals surface area (Å²) in [5.74, 6) is -0.491. The maximum Gasteiger partial charge on any atom is 0.242 e. The summed E-state index contributed by atoms with van der Waals surface area (Å²) in [6.07, 6.45) is 0. The van der Waals surface area contributed by atoms with Crippen LogP contribution >= 0.6 is 11.6 Å². The molecule has 1 aliphatic rings. The number of amides is 2. The maximum atomic E-state index is 12.5. The van der Waals surface area contributed by atoms with Crippen LogP contribution in [0.25, 0.3) is 0 Å². The van der Waals surface area contributed by atoms with Crippen LogP contribution in [0.2, 0.25) is 0 Å². The number of rotatable bonds is 4. The van der Waals surface area contributed by atoms with Gasteiger partial charge in [-0.25, -0.2) is 0 Å². The van der Waals surface area contributed by atoms with Crippen molar-refractivity contribution in [2.45, 2.75) is 13.8 Å². The van der Waals surface area contributed by atoms with Gasteiger partial charge >= 0.3 is 0 Å². The summed E-state index contributed by atoms with van der Waals surface area (Å²) in [6.45, 7) is 6.07. The monoisotopic (exact) mass is 324 g/mol. The Hall–Kier alpha value is -1.59. The number of carbonyl (C=O) groups excluding carboxylic acids is 2. The molecule has 1 aliphatic heterocycles. The molecule has 6 heteroatoms. The lowest BCUT2D eigenvalue weighted by Gasteiger charge is -2.31. The average molecular weight is 325 g/mol. The third-order valence-corrected chi connectivity index (χ3v) is 4.01. The average Bonchev–Trinajstić information content (AvgIpc) is 2.53. The molecule has 1 saturated heterocycles. The van der Waals surface area contributed by atoms with Gasteiger partial charge in [0.1, 0.15) is 12.4 Å². The Balaban J connectivity index is 2.23. The first-order valence-corrected chi connectivity index (χ1v) is 7.86. The molecule has 2 amide bonds. The Morgan fingerprint density at radius 2 is 1.82 bits per heavy atom. The van der Waals surface area contributed by atoms with Crippen LogP contribution in [0.15, 0.2) is 18.2 Å². The van der Waals surface area contributed by atoms with Gasteiger partial charge in [0.25, 0.3) is 0 Å². The number of hydrogen-bond acceptors (Lipinski definition) is 3. The number of ether oxygens (including phenoxy) is 1. The van der Waals surface area contributed by atoms with Crippen molar-refractivity contribution in [3.63, 3.8) is 0 Å². The van der Waals surface area contributed by atoms with E-state index in [0.29, 0.717) is 26.3 Å². The first-order chi connectivity index (χ1) is 10.5. The smallest absolute Gasteiger partial charge is 0.242 e. The molecule has 0 saturated carbocycles. The van der Waals surface area contributed by atoms with Crippen molar-refractivity contribution in [3.05, 3.63) is 29.3 Å². The highest BCUT2D eigenvalue weighted by molar-refractivity contribution is 6.29. The normalized spacial score (nSPS) is 14.8. The van der Waals surface area contributed by atoms with E-state index in [2.05, 4.69) is 0 Å². The van der Waals surface area contributed by atoms with Gasteiger partial charge in [0.15, 0.2) is 0 Å². The van der Waals surface area contributed by atoms with Gasteiger partial charge < -0.3 is 14.5 Å². The van der Waals surface area contributed by atoms with Crippen molar-refractivity contribution < 1.29 is 14.3 Å². The van der Waals surface area contributed by atoms with Crippen molar-refractivity contribution in [2.75, 3.05) is 43.6 Å². The van der Waals surface area contributed by atoms with Gasteiger partial charge in [0.05, 0.1) is 18.9 Å². The molecule has 0 N–H and O–H groups in total. The first-order valence-electron chi connectivity index (χ1n) is 7.32. The van der Waals surface area contributed by atoms with Gasteiger partial charge in [-0.05, 0) is 25.0 Å². The fraction of sp³-hybridized carbons (Fsp3) is 0.500. The van der Waals surface area contributed by atoms with Crippen molar-refractivity contribution in [2.24, 2.45) is 0 Å². The molecular formula is C16H21ClN2O3. The summed E-state index contributed by atoms with van der Waals surface area (Å²) in [4.78, 5) is 27.9. The molecule has 2 rings (SSSR count). The molecule has 0 aliphatic carbocycles. The second-order valence-electron chi connectivity index (χ2n) is 5.35. The van der Waals surface area contributed by atoms with E-state index < -0.39 is 0 Å². The van der Waals surface area contributed by atoms with Crippen molar-refractivity contribution in [3.8, 4) is 0 Å². The Morgan fingerprint density at radius 1 is 1.23 bits per heavy atom. The van der Waals surface area contributed by atoms with E-state index in [4.69, 9.17) is 16.3 Å². The SMILES string of the molecule is Cc1cccc(C)c1N(CC(=O)N1CCOCC1)C(=O)CCl. The lowest BCUT2D eigenvalue weighted by atomic mass is 10.1. The van der Waals surface area contributed by atoms with Crippen LogP contribution in [0.1, 0.15) is 11.1 Å². The predicted octanol–water partition coefficient (Wildman–Crippen LogP) is 1.73. The van der Waals surface area contributed by atoms with E-state index in [1.165, 1.54) is 4.90 Å². The van der Waals surface area contributed by atoms with Gasteiger partial charge in [-0.2, -0.15) is 0 Å². The standard InChI is InChI=1S/C16H21ClN2O3/c1-12-4-3-5-13(2)16(12)19(14(20)10-17)11-15(21)18-6-8-22-9-7-18/h3-5H,6-11H2,1-2H3. The summed E-state index contributed by atoms with van der Waals surface area (Å²) >= 11 is 5.73. The zero-order chi connectivity index (χ0) is 16.1. The third-order valence-electron chi connectivity index (χ3n) is 3.78. The van der Waals surface area contributed by atoms with E-state index >= 15 is 0 Å². The zero-order valence-electron chi connectivity index (χ0n) is 13.0. The number of aryl methyl sites for hydroxylation is 2. The number of carbonyl (C=O) groups is 2. The van der Waals surface area contributed by atoms with E-state index in [-0.39, 0.29) is 24.2 Å². The van der Waals surface area contributed by atoms with E-state index in [1.807, 2.05) is 32.0 Å². The van der Waals surface area contributed by atoms with Crippen LogP contribution in [0, 0.1) is 13.8 Å². The molecule has 1 fully saturated rings. The minimum atomic E-state index is -0.263. The van der Waals surface area contributed by atoms with Gasteiger partial charge in [-0.15, -0.1) is 11.6 Å². The van der Waals surface area contributed by atoms with Gasteiger partial charge in [0.2, 0.25) is 11.8 Å². The summed E-state index contributed by atoms with van der Waals surface area (Å²) in [5.41, 5.74) is 2.68. The van der Waals surface area contributed by atoms with Crippen LogP contribution < -0.4 is 4.90 Å². The van der Waals surface area contributed by atoms with E-state index in [1.54, 1.807) is 4.90 Å². The number of morpholine rings is 1. The molecular weight excluding hydrogens is 304 g/mol. The highest BCUT2D eigenvalue weighted by atomic mass is 35.5. The number of alkyl halides is 1. The summed E-state index contributed by atoms with van der Waals surface area (Å²) in [7, 11) is 0. The van der Waals surface area contributed by atoms with Gasteiger partial charge in [0, 0.05) is 13.1 Å². The third kappa shape index (κ3) is 3.78. The predicted molar refractivity (Wildman–Crippen MR) is 86.4 cm³/mol. The number of benzene rings is 1. The van der Waals surface area contributed by atoms with Crippen LogP contribution in [0.5, 0.6) is 0 Å². The van der Waals surface area contributed by atoms with Crippen molar-refractivity contribution >= 4 is 29.1 Å². The topological polar surface area (TPSA) is 49.9 Å². The van der Waals surface area contributed by atoms with E-state index in [9.17, 15) is 9.59 Å². The lowest BCUT2D eigenvalue weighted by Crippen LogP contribution is -2.47. The summed E-state index contributed by atoms with van der Waals surface area (Å²) in [5, 5.41) is 0. The van der Waals surface area contributed by atoms with Crippen molar-refractivity contribution in [1.29, 1.82) is 0 Å². The van der Waals surface area contributed by atoms with E-state index in [0.717, 1.165) is 16.8 Å². The van der Waals surface area contributed by atoms with Crippen molar-refractivity contribution in [1.82, 2.24) is 4.90 Å². The fourth-order valence-corrected chi connectivity index (χ4v) is 2.79. The number of nitrogens with zero attached hydrogens (tertiary/aromatic N) is 2. The summed E-state index contributed by atoms with van der Waals surface area (Å²) in [6, 6.07) is 5.79.